The van der Waals surface area contributed by atoms with Gasteiger partial charge in [0.1, 0.15) is 11.9 Å². The first kappa shape index (κ1) is 9.73. The Morgan fingerprint density at radius 1 is 1.64 bits per heavy atom. The van der Waals surface area contributed by atoms with Crippen LogP contribution in [-0.4, -0.2) is 12.0 Å². The third-order valence-corrected chi connectivity index (χ3v) is 1.16. The highest BCUT2D eigenvalue weighted by Gasteiger charge is 1.96. The number of hydrogen-bond acceptors (Lipinski definition) is 3. The number of nitrogens with one attached hydrogen (secondary N) is 1. The van der Waals surface area contributed by atoms with E-state index in [1.54, 1.807) is 25.4 Å². The van der Waals surface area contributed by atoms with Gasteiger partial charge in [-0.25, -0.2) is 4.98 Å². The van der Waals surface area contributed by atoms with Gasteiger partial charge in [-0.3, -0.25) is 0 Å². The van der Waals surface area contributed by atoms with E-state index in [9.17, 15) is 0 Å². The Morgan fingerprint density at radius 2 is 2.36 bits per heavy atom. The second kappa shape index (κ2) is 4.53. The van der Waals surface area contributed by atoms with Crippen molar-refractivity contribution in [1.82, 2.24) is 4.98 Å². The van der Waals surface area contributed by atoms with Gasteiger partial charge in [-0.05, 0) is 12.1 Å². The number of rotatable bonds is 1. The molecule has 3 nitrogen and oxygen atoms in total. The van der Waals surface area contributed by atoms with Crippen molar-refractivity contribution in [3.63, 3.8) is 0 Å². The molecule has 58 valence electrons. The lowest BCUT2D eigenvalue weighted by molar-refractivity contribution is 1.27. The third kappa shape index (κ3) is 2.10. The summed E-state index contributed by atoms with van der Waals surface area (Å²) in [7, 11) is 1.74. The first-order valence-corrected chi connectivity index (χ1v) is 2.91. The van der Waals surface area contributed by atoms with Crippen LogP contribution in [0.1, 0.15) is 5.56 Å². The van der Waals surface area contributed by atoms with Gasteiger partial charge in [0.05, 0.1) is 5.56 Å². The molecule has 0 aliphatic rings. The van der Waals surface area contributed by atoms with E-state index in [1.165, 1.54) is 0 Å². The van der Waals surface area contributed by atoms with Crippen molar-refractivity contribution < 1.29 is 0 Å². The highest BCUT2D eigenvalue weighted by atomic mass is 35.5. The van der Waals surface area contributed by atoms with Gasteiger partial charge in [-0.2, -0.15) is 5.26 Å². The minimum absolute atomic E-state index is 0. The first-order valence-electron chi connectivity index (χ1n) is 2.91. The number of hydrogen-bond donors (Lipinski definition) is 1. The summed E-state index contributed by atoms with van der Waals surface area (Å²) in [6.07, 6.45) is 1.65. The largest absolute Gasteiger partial charge is 0.372 e. The van der Waals surface area contributed by atoms with Crippen molar-refractivity contribution in [2.24, 2.45) is 0 Å². The predicted molar refractivity (Wildman–Crippen MR) is 45.7 cm³/mol. The standard InChI is InChI=1S/C7H7N3.ClH/c1-9-7-6(5-8)3-2-4-10-7;/h2-4H,1H3,(H,9,10);1H. The lowest BCUT2D eigenvalue weighted by Crippen LogP contribution is -1.94. The van der Waals surface area contributed by atoms with Crippen molar-refractivity contribution in [3.8, 4) is 6.07 Å². The Kier molecular flexibility index (Phi) is 4.01. The molecule has 0 amide bonds. The van der Waals surface area contributed by atoms with Crippen molar-refractivity contribution in [2.75, 3.05) is 12.4 Å². The number of pyridine rings is 1. The molecule has 1 rings (SSSR count). The lowest BCUT2D eigenvalue weighted by Gasteiger charge is -1.97. The summed E-state index contributed by atoms with van der Waals surface area (Å²) in [5.41, 5.74) is 0.574. The lowest BCUT2D eigenvalue weighted by atomic mass is 10.3. The summed E-state index contributed by atoms with van der Waals surface area (Å²) < 4.78 is 0. The molecule has 1 aromatic heterocycles. The Morgan fingerprint density at radius 3 is 2.82 bits per heavy atom. The van der Waals surface area contributed by atoms with Gasteiger partial charge in [-0.1, -0.05) is 0 Å². The van der Waals surface area contributed by atoms with Crippen LogP contribution in [0.5, 0.6) is 0 Å². The van der Waals surface area contributed by atoms with Crippen molar-refractivity contribution in [2.45, 2.75) is 0 Å². The van der Waals surface area contributed by atoms with Crippen LogP contribution in [0.3, 0.4) is 0 Å². The maximum Gasteiger partial charge on any atom is 0.143 e. The summed E-state index contributed by atoms with van der Waals surface area (Å²) in [6, 6.07) is 5.48. The van der Waals surface area contributed by atoms with Crippen LogP contribution < -0.4 is 5.32 Å². The number of halogens is 1. The Hall–Kier alpha value is -1.27. The zero-order valence-corrected chi connectivity index (χ0v) is 6.85. The summed E-state index contributed by atoms with van der Waals surface area (Å²) in [5.74, 6) is 0.630. The van der Waals surface area contributed by atoms with Crippen molar-refractivity contribution >= 4 is 18.2 Å². The fourth-order valence-corrected chi connectivity index (χ4v) is 0.695. The number of aromatic nitrogens is 1. The maximum atomic E-state index is 8.52. The molecular formula is C7H8ClN3. The molecule has 0 spiro atoms. The fourth-order valence-electron chi connectivity index (χ4n) is 0.695. The third-order valence-electron chi connectivity index (χ3n) is 1.16. The van der Waals surface area contributed by atoms with Crippen LogP contribution >= 0.6 is 12.4 Å². The number of nitriles is 1. The van der Waals surface area contributed by atoms with Crippen LogP contribution in [0.25, 0.3) is 0 Å². The van der Waals surface area contributed by atoms with E-state index in [-0.39, 0.29) is 12.4 Å². The highest BCUT2D eigenvalue weighted by Crippen LogP contribution is 2.07. The SMILES string of the molecule is CNc1ncccc1C#N.Cl. The molecule has 0 aliphatic carbocycles. The monoisotopic (exact) mass is 169 g/mol. The quantitative estimate of drug-likeness (QED) is 0.692. The average molecular weight is 170 g/mol. The minimum atomic E-state index is 0. The van der Waals surface area contributed by atoms with Gasteiger partial charge in [-0.15, -0.1) is 12.4 Å². The molecule has 0 aliphatic heterocycles. The van der Waals surface area contributed by atoms with E-state index >= 15 is 0 Å². The summed E-state index contributed by atoms with van der Waals surface area (Å²) in [6.45, 7) is 0. The smallest absolute Gasteiger partial charge is 0.143 e. The Bertz CT molecular complexity index is 267. The van der Waals surface area contributed by atoms with E-state index in [4.69, 9.17) is 5.26 Å². The number of anilines is 1. The summed E-state index contributed by atoms with van der Waals surface area (Å²) >= 11 is 0. The molecule has 0 radical (unpaired) electrons. The zero-order chi connectivity index (χ0) is 7.40. The van der Waals surface area contributed by atoms with E-state index in [2.05, 4.69) is 10.3 Å². The molecule has 0 fully saturated rings. The van der Waals surface area contributed by atoms with Crippen LogP contribution in [-0.2, 0) is 0 Å². The second-order valence-electron chi connectivity index (χ2n) is 1.76. The van der Waals surface area contributed by atoms with Gasteiger partial charge >= 0.3 is 0 Å². The molecule has 1 heterocycles. The van der Waals surface area contributed by atoms with Crippen LogP contribution in [0.2, 0.25) is 0 Å². The minimum Gasteiger partial charge on any atom is -0.372 e. The maximum absolute atomic E-state index is 8.52. The van der Waals surface area contributed by atoms with Gasteiger partial charge < -0.3 is 5.32 Å². The molecule has 0 atom stereocenters. The molecule has 0 saturated carbocycles. The van der Waals surface area contributed by atoms with Crippen LogP contribution in [0.4, 0.5) is 5.82 Å². The zero-order valence-electron chi connectivity index (χ0n) is 6.03. The molecule has 11 heavy (non-hydrogen) atoms. The highest BCUT2D eigenvalue weighted by molar-refractivity contribution is 5.85. The molecule has 4 heteroatoms. The average Bonchev–Trinajstić information content (AvgIpc) is 2.04. The predicted octanol–water partition coefficient (Wildman–Crippen LogP) is 1.42. The van der Waals surface area contributed by atoms with Crippen LogP contribution in [0.15, 0.2) is 18.3 Å². The van der Waals surface area contributed by atoms with Gasteiger partial charge in [0.25, 0.3) is 0 Å². The van der Waals surface area contributed by atoms with Gasteiger partial charge in [0, 0.05) is 13.2 Å². The van der Waals surface area contributed by atoms with Gasteiger partial charge in [0.2, 0.25) is 0 Å². The Labute approximate surface area is 71.5 Å². The molecule has 1 aromatic rings. The van der Waals surface area contributed by atoms with Crippen molar-refractivity contribution in [1.29, 1.82) is 5.26 Å². The first-order chi connectivity index (χ1) is 4.88. The summed E-state index contributed by atoms with van der Waals surface area (Å²) in [5, 5.41) is 11.3. The molecule has 0 aromatic carbocycles. The molecule has 0 bridgehead atoms. The topological polar surface area (TPSA) is 48.7 Å². The van der Waals surface area contributed by atoms with E-state index in [0.29, 0.717) is 11.4 Å². The van der Waals surface area contributed by atoms with E-state index in [1.807, 2.05) is 6.07 Å². The normalized spacial score (nSPS) is 7.64. The Balaban J connectivity index is 0.000001000. The van der Waals surface area contributed by atoms with E-state index < -0.39 is 0 Å². The molecule has 0 unspecified atom stereocenters. The molecular weight excluding hydrogens is 162 g/mol. The fraction of sp³-hybridized carbons (Fsp3) is 0.143. The number of nitrogens with zero attached hydrogens (tertiary/aromatic N) is 2. The molecule has 0 saturated heterocycles. The second-order valence-corrected chi connectivity index (χ2v) is 1.76. The van der Waals surface area contributed by atoms with E-state index in [0.717, 1.165) is 0 Å². The van der Waals surface area contributed by atoms with Crippen LogP contribution in [0, 0.1) is 11.3 Å². The van der Waals surface area contributed by atoms with Crippen molar-refractivity contribution in [3.05, 3.63) is 23.9 Å². The van der Waals surface area contributed by atoms with Gasteiger partial charge in [0.15, 0.2) is 0 Å². The molecule has 1 N–H and O–H groups in total. The summed E-state index contributed by atoms with van der Waals surface area (Å²) in [4.78, 5) is 3.93.